The maximum atomic E-state index is 13.4. The minimum Gasteiger partial charge on any atom is -0.490 e. The number of hydrogen-bond donors (Lipinski definition) is 2. The van der Waals surface area contributed by atoms with E-state index in [4.69, 9.17) is 10.5 Å². The van der Waals surface area contributed by atoms with Crippen LogP contribution in [0.15, 0.2) is 18.2 Å². The molecular formula is C11H14FNO3. The molecule has 1 unspecified atom stereocenters. The van der Waals surface area contributed by atoms with Crippen molar-refractivity contribution < 1.29 is 19.0 Å². The molecule has 0 fully saturated rings. The van der Waals surface area contributed by atoms with Gasteiger partial charge < -0.3 is 15.6 Å². The first-order valence-electron chi connectivity index (χ1n) is 4.89. The quantitative estimate of drug-likeness (QED) is 0.792. The summed E-state index contributed by atoms with van der Waals surface area (Å²) in [4.78, 5) is 10.4. The minimum absolute atomic E-state index is 0.0393. The van der Waals surface area contributed by atoms with Crippen LogP contribution >= 0.6 is 0 Å². The Morgan fingerprint density at radius 2 is 2.31 bits per heavy atom. The molecule has 0 saturated carbocycles. The lowest BCUT2D eigenvalue weighted by Gasteiger charge is -2.09. The summed E-state index contributed by atoms with van der Waals surface area (Å²) in [5.41, 5.74) is 5.38. The number of rotatable bonds is 5. The third-order valence-corrected chi connectivity index (χ3v) is 2.04. The monoisotopic (exact) mass is 227 g/mol. The fraction of sp³-hybridized carbons (Fsp3) is 0.364. The average molecular weight is 227 g/mol. The first-order valence-corrected chi connectivity index (χ1v) is 4.89. The van der Waals surface area contributed by atoms with E-state index in [1.165, 1.54) is 12.1 Å². The van der Waals surface area contributed by atoms with Gasteiger partial charge in [-0.1, -0.05) is 6.07 Å². The Morgan fingerprint density at radius 3 is 2.81 bits per heavy atom. The summed E-state index contributed by atoms with van der Waals surface area (Å²) in [5.74, 6) is -1.02. The molecule has 0 radical (unpaired) electrons. The molecule has 0 bridgehead atoms. The van der Waals surface area contributed by atoms with Crippen LogP contribution in [0.1, 0.15) is 25.0 Å². The van der Waals surface area contributed by atoms with E-state index in [1.54, 1.807) is 13.0 Å². The number of ether oxygens (including phenoxy) is 1. The number of carbonyl (C=O) groups excluding carboxylic acids is 1. The summed E-state index contributed by atoms with van der Waals surface area (Å²) < 4.78 is 18.4. The molecule has 3 N–H and O–H groups in total. The molecular weight excluding hydrogens is 213 g/mol. The van der Waals surface area contributed by atoms with Crippen molar-refractivity contribution in [3.05, 3.63) is 29.6 Å². The van der Waals surface area contributed by atoms with Crippen LogP contribution in [0, 0.1) is 5.82 Å². The second-order valence-corrected chi connectivity index (χ2v) is 3.43. The van der Waals surface area contributed by atoms with Gasteiger partial charge in [0.2, 0.25) is 5.91 Å². The zero-order valence-corrected chi connectivity index (χ0v) is 8.94. The van der Waals surface area contributed by atoms with E-state index < -0.39 is 17.8 Å². The number of hydrogen-bond acceptors (Lipinski definition) is 3. The molecule has 0 heterocycles. The lowest BCUT2D eigenvalue weighted by atomic mass is 10.1. The average Bonchev–Trinajstić information content (AvgIpc) is 2.19. The minimum atomic E-state index is -0.728. The first-order chi connectivity index (χ1) is 7.50. The first kappa shape index (κ1) is 12.4. The Hall–Kier alpha value is -1.62. The predicted octanol–water partition coefficient (Wildman–Crippen LogP) is 1.13. The summed E-state index contributed by atoms with van der Waals surface area (Å²) in [7, 11) is 0. The zero-order valence-electron chi connectivity index (χ0n) is 8.94. The van der Waals surface area contributed by atoms with E-state index in [0.717, 1.165) is 0 Å². The molecule has 0 saturated heterocycles. The van der Waals surface area contributed by atoms with Gasteiger partial charge in [0.15, 0.2) is 11.6 Å². The molecule has 0 aliphatic carbocycles. The Kier molecular flexibility index (Phi) is 4.25. The van der Waals surface area contributed by atoms with Crippen molar-refractivity contribution in [2.45, 2.75) is 19.4 Å². The Balaban J connectivity index is 2.64. The van der Waals surface area contributed by atoms with Crippen molar-refractivity contribution in [1.82, 2.24) is 0 Å². The third kappa shape index (κ3) is 3.51. The van der Waals surface area contributed by atoms with Crippen molar-refractivity contribution in [3.63, 3.8) is 0 Å². The Bertz CT molecular complexity index is 379. The molecule has 0 aliphatic rings. The van der Waals surface area contributed by atoms with Crippen LogP contribution in [-0.2, 0) is 4.79 Å². The van der Waals surface area contributed by atoms with E-state index in [2.05, 4.69) is 0 Å². The second kappa shape index (κ2) is 5.46. The highest BCUT2D eigenvalue weighted by atomic mass is 19.1. The number of aliphatic hydroxyl groups excluding tert-OH is 1. The van der Waals surface area contributed by atoms with Crippen molar-refractivity contribution in [2.75, 3.05) is 6.61 Å². The van der Waals surface area contributed by atoms with Gasteiger partial charge in [-0.2, -0.15) is 0 Å². The SMILES string of the molecule is CC(O)c1ccc(OCCC(N)=O)c(F)c1. The Morgan fingerprint density at radius 1 is 1.62 bits per heavy atom. The summed E-state index contributed by atoms with van der Waals surface area (Å²) in [6.07, 6.45) is -0.688. The van der Waals surface area contributed by atoms with Gasteiger partial charge in [0.05, 0.1) is 19.1 Å². The van der Waals surface area contributed by atoms with Gasteiger partial charge in [-0.3, -0.25) is 4.79 Å². The van der Waals surface area contributed by atoms with Crippen LogP contribution in [0.25, 0.3) is 0 Å². The second-order valence-electron chi connectivity index (χ2n) is 3.43. The predicted molar refractivity (Wildman–Crippen MR) is 56.3 cm³/mol. The molecule has 0 aliphatic heterocycles. The largest absolute Gasteiger partial charge is 0.490 e. The highest BCUT2D eigenvalue weighted by molar-refractivity contribution is 5.73. The van der Waals surface area contributed by atoms with Gasteiger partial charge in [0.25, 0.3) is 0 Å². The summed E-state index contributed by atoms with van der Waals surface area (Å²) >= 11 is 0. The van der Waals surface area contributed by atoms with Crippen LogP contribution in [0.4, 0.5) is 4.39 Å². The van der Waals surface area contributed by atoms with Crippen molar-refractivity contribution in [2.24, 2.45) is 5.73 Å². The molecule has 1 rings (SSSR count). The van der Waals surface area contributed by atoms with Crippen LogP contribution in [-0.4, -0.2) is 17.6 Å². The number of amides is 1. The van der Waals surface area contributed by atoms with Crippen molar-refractivity contribution in [1.29, 1.82) is 0 Å². The van der Waals surface area contributed by atoms with Gasteiger partial charge in [0.1, 0.15) is 0 Å². The molecule has 4 nitrogen and oxygen atoms in total. The fourth-order valence-electron chi connectivity index (χ4n) is 1.16. The van der Waals surface area contributed by atoms with E-state index in [0.29, 0.717) is 5.56 Å². The van der Waals surface area contributed by atoms with Crippen molar-refractivity contribution >= 4 is 5.91 Å². The topological polar surface area (TPSA) is 72.6 Å². The number of carbonyl (C=O) groups is 1. The van der Waals surface area contributed by atoms with Gasteiger partial charge >= 0.3 is 0 Å². The highest BCUT2D eigenvalue weighted by Gasteiger charge is 2.08. The maximum absolute atomic E-state index is 13.4. The zero-order chi connectivity index (χ0) is 12.1. The van der Waals surface area contributed by atoms with Crippen molar-refractivity contribution in [3.8, 4) is 5.75 Å². The number of aliphatic hydroxyl groups is 1. The molecule has 5 heteroatoms. The number of halogens is 1. The summed E-state index contributed by atoms with van der Waals surface area (Å²) in [6, 6.07) is 4.18. The third-order valence-electron chi connectivity index (χ3n) is 2.04. The molecule has 0 aromatic heterocycles. The van der Waals surface area contributed by atoms with Gasteiger partial charge in [0, 0.05) is 0 Å². The molecule has 1 aromatic carbocycles. The normalized spacial score (nSPS) is 12.2. The van der Waals surface area contributed by atoms with E-state index in [1.807, 2.05) is 0 Å². The van der Waals surface area contributed by atoms with Crippen LogP contribution in [0.2, 0.25) is 0 Å². The van der Waals surface area contributed by atoms with E-state index >= 15 is 0 Å². The molecule has 1 atom stereocenters. The van der Waals surface area contributed by atoms with E-state index in [-0.39, 0.29) is 18.8 Å². The fourth-order valence-corrected chi connectivity index (χ4v) is 1.16. The van der Waals surface area contributed by atoms with E-state index in [9.17, 15) is 14.3 Å². The summed E-state index contributed by atoms with van der Waals surface area (Å²) in [6.45, 7) is 1.59. The van der Waals surface area contributed by atoms with Gasteiger partial charge in [-0.15, -0.1) is 0 Å². The lowest BCUT2D eigenvalue weighted by molar-refractivity contribution is -0.118. The van der Waals surface area contributed by atoms with Crippen LogP contribution < -0.4 is 10.5 Å². The highest BCUT2D eigenvalue weighted by Crippen LogP contribution is 2.21. The summed E-state index contributed by atoms with van der Waals surface area (Å²) in [5, 5.41) is 9.22. The molecule has 88 valence electrons. The smallest absolute Gasteiger partial charge is 0.220 e. The Labute approximate surface area is 92.8 Å². The standard InChI is InChI=1S/C11H14FNO3/c1-7(14)8-2-3-10(9(12)6-8)16-5-4-11(13)15/h2-3,6-7,14H,4-5H2,1H3,(H2,13,15). The van der Waals surface area contributed by atoms with Gasteiger partial charge in [-0.05, 0) is 24.6 Å². The molecule has 1 aromatic rings. The van der Waals surface area contributed by atoms with Gasteiger partial charge in [-0.25, -0.2) is 4.39 Å². The molecule has 1 amide bonds. The molecule has 0 spiro atoms. The number of benzene rings is 1. The number of nitrogens with two attached hydrogens (primary N) is 1. The molecule has 16 heavy (non-hydrogen) atoms. The maximum Gasteiger partial charge on any atom is 0.220 e. The number of primary amides is 1. The lowest BCUT2D eigenvalue weighted by Crippen LogP contribution is -2.14. The van der Waals surface area contributed by atoms with Crippen LogP contribution in [0.3, 0.4) is 0 Å². The van der Waals surface area contributed by atoms with Crippen LogP contribution in [0.5, 0.6) is 5.75 Å².